The van der Waals surface area contributed by atoms with Crippen LogP contribution in [0, 0.1) is 0 Å². The van der Waals surface area contributed by atoms with Gasteiger partial charge in [-0.15, -0.1) is 0 Å². The lowest BCUT2D eigenvalue weighted by atomic mass is 10.1. The number of nitrogens with one attached hydrogen (secondary N) is 1. The number of hydrogen-bond acceptors (Lipinski definition) is 5. The Labute approximate surface area is 179 Å². The van der Waals surface area contributed by atoms with E-state index in [1.165, 1.54) is 7.11 Å². The molecule has 1 heterocycles. The summed E-state index contributed by atoms with van der Waals surface area (Å²) in [5.41, 5.74) is 1.21. The largest absolute Gasteiger partial charge is 0.474 e. The molecule has 0 aliphatic rings. The molecule has 0 amide bonds. The van der Waals surface area contributed by atoms with Crippen LogP contribution in [-0.4, -0.2) is 27.8 Å². The van der Waals surface area contributed by atoms with E-state index in [1.807, 2.05) is 12.1 Å². The molecule has 0 aliphatic carbocycles. The van der Waals surface area contributed by atoms with Crippen molar-refractivity contribution in [3.63, 3.8) is 0 Å². The molecule has 1 atom stereocenters. The van der Waals surface area contributed by atoms with E-state index in [4.69, 9.17) is 21.1 Å². The molecule has 0 saturated carbocycles. The summed E-state index contributed by atoms with van der Waals surface area (Å²) < 4.78 is 12.4. The summed E-state index contributed by atoms with van der Waals surface area (Å²) >= 11 is 6.23. The van der Waals surface area contributed by atoms with Gasteiger partial charge in [0.2, 0.25) is 6.10 Å². The SMILES string of the molecule is CCCCc1n[nH]c(=O)n1Cc1ccc(OC(C(=O)OC)c2ccccc2Cl)cc1. The minimum Gasteiger partial charge on any atom is -0.474 e. The van der Waals surface area contributed by atoms with Crippen molar-refractivity contribution in [3.8, 4) is 5.75 Å². The molecular weight excluding hydrogens is 406 g/mol. The van der Waals surface area contributed by atoms with Gasteiger partial charge in [0.15, 0.2) is 0 Å². The number of nitrogens with zero attached hydrogens (tertiary/aromatic N) is 2. The Morgan fingerprint density at radius 2 is 1.93 bits per heavy atom. The summed E-state index contributed by atoms with van der Waals surface area (Å²) in [6, 6.07) is 14.2. The fourth-order valence-corrected chi connectivity index (χ4v) is 3.30. The van der Waals surface area contributed by atoms with Crippen LogP contribution in [0.5, 0.6) is 5.75 Å². The van der Waals surface area contributed by atoms with Gasteiger partial charge in [0.05, 0.1) is 13.7 Å². The molecule has 3 rings (SSSR count). The van der Waals surface area contributed by atoms with Gasteiger partial charge in [0.25, 0.3) is 0 Å². The number of hydrogen-bond donors (Lipinski definition) is 1. The third-order valence-corrected chi connectivity index (χ3v) is 5.06. The number of aryl methyl sites for hydroxylation is 1. The second-order valence-corrected chi connectivity index (χ2v) is 7.23. The number of methoxy groups -OCH3 is 1. The lowest BCUT2D eigenvalue weighted by Crippen LogP contribution is -2.21. The molecular formula is C22H24ClN3O4. The van der Waals surface area contributed by atoms with Crippen molar-refractivity contribution in [1.29, 1.82) is 0 Å². The van der Waals surface area contributed by atoms with Crippen molar-refractivity contribution in [2.24, 2.45) is 0 Å². The van der Waals surface area contributed by atoms with Gasteiger partial charge in [-0.2, -0.15) is 5.10 Å². The number of carbonyl (C=O) groups is 1. The number of unbranched alkanes of at least 4 members (excludes halogenated alkanes) is 1. The molecule has 3 aromatic rings. The van der Waals surface area contributed by atoms with Crippen molar-refractivity contribution >= 4 is 17.6 Å². The maximum atomic E-state index is 12.3. The molecule has 0 saturated heterocycles. The lowest BCUT2D eigenvalue weighted by molar-refractivity contribution is -0.149. The van der Waals surface area contributed by atoms with Crippen molar-refractivity contribution in [2.75, 3.05) is 7.11 Å². The van der Waals surface area contributed by atoms with Crippen LogP contribution in [0.3, 0.4) is 0 Å². The van der Waals surface area contributed by atoms with E-state index < -0.39 is 12.1 Å². The van der Waals surface area contributed by atoms with E-state index in [0.29, 0.717) is 22.9 Å². The quantitative estimate of drug-likeness (QED) is 0.521. The highest BCUT2D eigenvalue weighted by Gasteiger charge is 2.25. The van der Waals surface area contributed by atoms with Crippen molar-refractivity contribution in [1.82, 2.24) is 14.8 Å². The first-order chi connectivity index (χ1) is 14.5. The molecule has 8 heteroatoms. The van der Waals surface area contributed by atoms with Crippen LogP contribution in [-0.2, 0) is 22.5 Å². The molecule has 1 N–H and O–H groups in total. The Morgan fingerprint density at radius 1 is 1.20 bits per heavy atom. The van der Waals surface area contributed by atoms with Gasteiger partial charge < -0.3 is 9.47 Å². The number of esters is 1. The average molecular weight is 430 g/mol. The lowest BCUT2D eigenvalue weighted by Gasteiger charge is -2.18. The summed E-state index contributed by atoms with van der Waals surface area (Å²) in [6.07, 6.45) is 1.76. The highest BCUT2D eigenvalue weighted by Crippen LogP contribution is 2.28. The van der Waals surface area contributed by atoms with E-state index in [1.54, 1.807) is 41.0 Å². The van der Waals surface area contributed by atoms with Gasteiger partial charge >= 0.3 is 11.7 Å². The van der Waals surface area contributed by atoms with Crippen molar-refractivity contribution < 1.29 is 14.3 Å². The highest BCUT2D eigenvalue weighted by molar-refractivity contribution is 6.31. The maximum Gasteiger partial charge on any atom is 0.351 e. The van der Waals surface area contributed by atoms with E-state index in [0.717, 1.165) is 30.7 Å². The summed E-state index contributed by atoms with van der Waals surface area (Å²) in [4.78, 5) is 24.3. The Bertz CT molecular complexity index is 1040. The molecule has 0 spiro atoms. The summed E-state index contributed by atoms with van der Waals surface area (Å²) in [7, 11) is 1.30. The Kier molecular flexibility index (Phi) is 7.30. The standard InChI is InChI=1S/C22H24ClN3O4/c1-3-4-9-19-24-25-22(28)26(19)14-15-10-12-16(13-11-15)30-20(21(27)29-2)17-7-5-6-8-18(17)23/h5-8,10-13,20H,3-4,9,14H2,1-2H3,(H,25,28). The molecule has 0 fully saturated rings. The molecule has 2 aromatic carbocycles. The molecule has 7 nitrogen and oxygen atoms in total. The zero-order valence-corrected chi connectivity index (χ0v) is 17.7. The van der Waals surface area contributed by atoms with Gasteiger partial charge in [0.1, 0.15) is 11.6 Å². The number of H-pyrrole nitrogens is 1. The first-order valence-corrected chi connectivity index (χ1v) is 10.1. The first kappa shape index (κ1) is 21.6. The minimum atomic E-state index is -0.980. The summed E-state index contributed by atoms with van der Waals surface area (Å²) in [5.74, 6) is 0.684. The monoisotopic (exact) mass is 429 g/mol. The fourth-order valence-electron chi connectivity index (χ4n) is 3.06. The zero-order valence-electron chi connectivity index (χ0n) is 16.9. The van der Waals surface area contributed by atoms with Crippen LogP contribution in [0.4, 0.5) is 0 Å². The normalized spacial score (nSPS) is 11.8. The number of aromatic amines is 1. The molecule has 158 valence electrons. The molecule has 0 radical (unpaired) electrons. The van der Waals surface area contributed by atoms with Crippen LogP contribution in [0.2, 0.25) is 5.02 Å². The van der Waals surface area contributed by atoms with Crippen LogP contribution in [0.15, 0.2) is 53.3 Å². The van der Waals surface area contributed by atoms with Gasteiger partial charge in [-0.05, 0) is 30.2 Å². The van der Waals surface area contributed by atoms with E-state index in [-0.39, 0.29) is 5.69 Å². The number of carbonyl (C=O) groups excluding carboxylic acids is 1. The molecule has 30 heavy (non-hydrogen) atoms. The predicted molar refractivity (Wildman–Crippen MR) is 114 cm³/mol. The smallest absolute Gasteiger partial charge is 0.351 e. The molecule has 0 bridgehead atoms. The van der Waals surface area contributed by atoms with Crippen LogP contribution in [0.25, 0.3) is 0 Å². The molecule has 1 unspecified atom stereocenters. The maximum absolute atomic E-state index is 12.3. The van der Waals surface area contributed by atoms with E-state index >= 15 is 0 Å². The van der Waals surface area contributed by atoms with E-state index in [9.17, 15) is 9.59 Å². The second-order valence-electron chi connectivity index (χ2n) is 6.82. The third-order valence-electron chi connectivity index (χ3n) is 4.71. The average Bonchev–Trinajstić information content (AvgIpc) is 3.11. The molecule has 0 aliphatic heterocycles. The number of rotatable bonds is 9. The van der Waals surface area contributed by atoms with Gasteiger partial charge in [-0.25, -0.2) is 14.7 Å². The second kappa shape index (κ2) is 10.1. The van der Waals surface area contributed by atoms with Crippen LogP contribution >= 0.6 is 11.6 Å². The van der Waals surface area contributed by atoms with Crippen molar-refractivity contribution in [2.45, 2.75) is 38.8 Å². The zero-order chi connectivity index (χ0) is 21.5. The van der Waals surface area contributed by atoms with E-state index in [2.05, 4.69) is 17.1 Å². The van der Waals surface area contributed by atoms with Crippen LogP contribution in [0.1, 0.15) is 42.8 Å². The summed E-state index contributed by atoms with van der Waals surface area (Å²) in [6.45, 7) is 2.50. The number of halogens is 1. The number of benzene rings is 2. The van der Waals surface area contributed by atoms with Crippen LogP contribution < -0.4 is 10.4 Å². The predicted octanol–water partition coefficient (Wildman–Crippen LogP) is 3.91. The van der Waals surface area contributed by atoms with Gasteiger partial charge in [0, 0.05) is 17.0 Å². The van der Waals surface area contributed by atoms with Gasteiger partial charge in [-0.3, -0.25) is 4.57 Å². The van der Waals surface area contributed by atoms with Crippen molar-refractivity contribution in [3.05, 3.63) is 81.0 Å². The topological polar surface area (TPSA) is 86.2 Å². The fraction of sp³-hybridized carbons (Fsp3) is 0.318. The number of ether oxygens (including phenoxy) is 2. The summed E-state index contributed by atoms with van der Waals surface area (Å²) in [5, 5.41) is 7.05. The Morgan fingerprint density at radius 3 is 2.60 bits per heavy atom. The Balaban J connectivity index is 1.77. The number of aromatic nitrogens is 3. The highest BCUT2D eigenvalue weighted by atomic mass is 35.5. The third kappa shape index (κ3) is 5.10. The minimum absolute atomic E-state index is 0.231. The van der Waals surface area contributed by atoms with Gasteiger partial charge in [-0.1, -0.05) is 55.3 Å². The Hall–Kier alpha value is -3.06. The molecule has 1 aromatic heterocycles. The first-order valence-electron chi connectivity index (χ1n) is 9.75.